The lowest BCUT2D eigenvalue weighted by atomic mass is 10.0. The normalized spacial score (nSPS) is 14.7. The molecule has 3 aromatic carbocycles. The van der Waals surface area contributed by atoms with Crippen molar-refractivity contribution in [2.75, 3.05) is 20.2 Å². The highest BCUT2D eigenvalue weighted by Gasteiger charge is 2.15. The molecule has 0 radical (unpaired) electrons. The minimum Gasteiger partial charge on any atom is -0.496 e. The molecule has 1 N–H and O–H groups in total. The molecule has 4 rings (SSSR count). The Bertz CT molecular complexity index is 993. The third kappa shape index (κ3) is 4.60. The van der Waals surface area contributed by atoms with Gasteiger partial charge in [-0.15, -0.1) is 0 Å². The average Bonchev–Trinajstić information content (AvgIpc) is 2.78. The predicted octanol–water partition coefficient (Wildman–Crippen LogP) is 4.76. The topological polar surface area (TPSA) is 41.6 Å². The number of carbonyl (C=O) groups excluding carboxylic acids is 1. The highest BCUT2D eigenvalue weighted by atomic mass is 16.5. The molecule has 0 atom stereocenters. The van der Waals surface area contributed by atoms with Crippen LogP contribution < -0.4 is 10.1 Å². The van der Waals surface area contributed by atoms with Crippen LogP contribution in [-0.2, 0) is 13.1 Å². The number of methoxy groups -OCH3 is 1. The summed E-state index contributed by atoms with van der Waals surface area (Å²) in [6.45, 7) is 3.79. The van der Waals surface area contributed by atoms with Crippen molar-refractivity contribution in [3.05, 3.63) is 77.4 Å². The molecule has 1 heterocycles. The molecule has 1 aliphatic heterocycles. The van der Waals surface area contributed by atoms with Crippen molar-refractivity contribution in [1.82, 2.24) is 10.2 Å². The molecule has 0 spiro atoms. The summed E-state index contributed by atoms with van der Waals surface area (Å²) in [4.78, 5) is 15.5. The quantitative estimate of drug-likeness (QED) is 0.662. The lowest BCUT2D eigenvalue weighted by Crippen LogP contribution is -2.30. The van der Waals surface area contributed by atoms with Crippen molar-refractivity contribution in [3.63, 3.8) is 0 Å². The molecule has 4 heteroatoms. The molecule has 1 fully saturated rings. The van der Waals surface area contributed by atoms with Crippen LogP contribution in [-0.4, -0.2) is 31.0 Å². The van der Waals surface area contributed by atoms with E-state index in [1.807, 2.05) is 42.5 Å². The molecule has 0 bridgehead atoms. The zero-order chi connectivity index (χ0) is 20.1. The second-order valence-corrected chi connectivity index (χ2v) is 7.69. The van der Waals surface area contributed by atoms with Crippen LogP contribution in [0.25, 0.3) is 10.8 Å². The average molecular weight is 389 g/mol. The molecular weight excluding hydrogens is 360 g/mol. The van der Waals surface area contributed by atoms with E-state index < -0.39 is 0 Å². The molecule has 0 unspecified atom stereocenters. The second-order valence-electron chi connectivity index (χ2n) is 7.69. The lowest BCUT2D eigenvalue weighted by Gasteiger charge is -2.27. The Balaban J connectivity index is 1.49. The zero-order valence-electron chi connectivity index (χ0n) is 17.0. The third-order valence-corrected chi connectivity index (χ3v) is 5.71. The number of fused-ring (bicyclic) bond motifs is 1. The third-order valence-electron chi connectivity index (χ3n) is 5.71. The van der Waals surface area contributed by atoms with E-state index in [0.29, 0.717) is 17.9 Å². The summed E-state index contributed by atoms with van der Waals surface area (Å²) in [6, 6.07) is 20.2. The van der Waals surface area contributed by atoms with E-state index in [1.165, 1.54) is 30.4 Å². The lowest BCUT2D eigenvalue weighted by molar-refractivity contribution is 0.0948. The van der Waals surface area contributed by atoms with Crippen LogP contribution in [0.3, 0.4) is 0 Å². The number of likely N-dealkylation sites (tertiary alicyclic amines) is 1. The van der Waals surface area contributed by atoms with Gasteiger partial charge < -0.3 is 10.1 Å². The first-order chi connectivity index (χ1) is 14.2. The van der Waals surface area contributed by atoms with E-state index in [1.54, 1.807) is 7.11 Å². The number of rotatable bonds is 6. The fourth-order valence-corrected chi connectivity index (χ4v) is 4.08. The van der Waals surface area contributed by atoms with Crippen LogP contribution in [0, 0.1) is 0 Å². The van der Waals surface area contributed by atoms with Gasteiger partial charge in [0.1, 0.15) is 5.75 Å². The molecular formula is C25H28N2O2. The van der Waals surface area contributed by atoms with Crippen molar-refractivity contribution in [1.29, 1.82) is 0 Å². The molecule has 150 valence electrons. The van der Waals surface area contributed by atoms with Gasteiger partial charge >= 0.3 is 0 Å². The van der Waals surface area contributed by atoms with Crippen LogP contribution in [0.1, 0.15) is 40.7 Å². The largest absolute Gasteiger partial charge is 0.496 e. The Labute approximate surface area is 172 Å². The van der Waals surface area contributed by atoms with E-state index in [9.17, 15) is 4.79 Å². The minimum absolute atomic E-state index is 0.111. The summed E-state index contributed by atoms with van der Waals surface area (Å²) in [5, 5.41) is 5.19. The van der Waals surface area contributed by atoms with Crippen molar-refractivity contribution < 1.29 is 9.53 Å². The number of amides is 1. The highest BCUT2D eigenvalue weighted by Crippen LogP contribution is 2.26. The van der Waals surface area contributed by atoms with Gasteiger partial charge in [0.05, 0.1) is 12.7 Å². The molecule has 1 aliphatic rings. The number of benzene rings is 3. The van der Waals surface area contributed by atoms with Gasteiger partial charge in [-0.2, -0.15) is 0 Å². The molecule has 29 heavy (non-hydrogen) atoms. The Hall–Kier alpha value is -2.85. The van der Waals surface area contributed by atoms with Crippen molar-refractivity contribution in [3.8, 4) is 5.75 Å². The van der Waals surface area contributed by atoms with Gasteiger partial charge in [-0.1, -0.05) is 55.0 Å². The summed E-state index contributed by atoms with van der Waals surface area (Å²) in [6.07, 6.45) is 3.89. The van der Waals surface area contributed by atoms with Gasteiger partial charge in [0, 0.05) is 13.1 Å². The summed E-state index contributed by atoms with van der Waals surface area (Å²) in [5.41, 5.74) is 3.03. The fraction of sp³-hybridized carbons (Fsp3) is 0.320. The molecule has 1 amide bonds. The van der Waals surface area contributed by atoms with E-state index in [0.717, 1.165) is 30.4 Å². The first-order valence-electron chi connectivity index (χ1n) is 10.4. The summed E-state index contributed by atoms with van der Waals surface area (Å²) in [5.74, 6) is 0.489. The van der Waals surface area contributed by atoms with Crippen molar-refractivity contribution in [2.24, 2.45) is 0 Å². The Morgan fingerprint density at radius 3 is 2.31 bits per heavy atom. The smallest absolute Gasteiger partial charge is 0.255 e. The number of nitrogens with one attached hydrogen (secondary N) is 1. The first kappa shape index (κ1) is 19.5. The first-order valence-corrected chi connectivity index (χ1v) is 10.4. The van der Waals surface area contributed by atoms with Crippen LogP contribution in [0.15, 0.2) is 60.7 Å². The van der Waals surface area contributed by atoms with Gasteiger partial charge in [-0.3, -0.25) is 9.69 Å². The van der Waals surface area contributed by atoms with Crippen LogP contribution in [0.5, 0.6) is 5.75 Å². The summed E-state index contributed by atoms with van der Waals surface area (Å²) >= 11 is 0. The monoisotopic (exact) mass is 388 g/mol. The SMILES string of the molecule is COc1cc2ccccc2cc1C(=O)NCc1ccccc1CN1CCCCC1. The van der Waals surface area contributed by atoms with E-state index >= 15 is 0 Å². The second kappa shape index (κ2) is 9.10. The van der Waals surface area contributed by atoms with Gasteiger partial charge in [0.25, 0.3) is 5.91 Å². The Morgan fingerprint density at radius 1 is 0.931 bits per heavy atom. The van der Waals surface area contributed by atoms with E-state index in [4.69, 9.17) is 4.74 Å². The summed E-state index contributed by atoms with van der Waals surface area (Å²) in [7, 11) is 1.61. The fourth-order valence-electron chi connectivity index (χ4n) is 4.08. The standard InChI is InChI=1S/C25H28N2O2/c1-29-24-16-20-10-4-3-9-19(20)15-23(24)25(28)26-17-21-11-5-6-12-22(21)18-27-13-7-2-8-14-27/h3-6,9-12,15-16H,2,7-8,13-14,17-18H2,1H3,(H,26,28). The number of ether oxygens (including phenoxy) is 1. The van der Waals surface area contributed by atoms with Crippen LogP contribution >= 0.6 is 0 Å². The van der Waals surface area contributed by atoms with Crippen molar-refractivity contribution in [2.45, 2.75) is 32.4 Å². The molecule has 0 saturated carbocycles. The number of piperidine rings is 1. The predicted molar refractivity (Wildman–Crippen MR) is 117 cm³/mol. The van der Waals surface area contributed by atoms with Crippen molar-refractivity contribution >= 4 is 16.7 Å². The van der Waals surface area contributed by atoms with Gasteiger partial charge in [0.15, 0.2) is 0 Å². The van der Waals surface area contributed by atoms with Gasteiger partial charge in [0.2, 0.25) is 0 Å². The summed E-state index contributed by atoms with van der Waals surface area (Å²) < 4.78 is 5.48. The molecule has 3 aromatic rings. The maximum absolute atomic E-state index is 12.9. The zero-order valence-corrected chi connectivity index (χ0v) is 17.0. The van der Waals surface area contributed by atoms with Gasteiger partial charge in [-0.25, -0.2) is 0 Å². The number of carbonyl (C=O) groups is 1. The highest BCUT2D eigenvalue weighted by molar-refractivity contribution is 6.01. The maximum atomic E-state index is 12.9. The molecule has 0 aliphatic carbocycles. The molecule has 0 aromatic heterocycles. The van der Waals surface area contributed by atoms with E-state index in [2.05, 4.69) is 28.4 Å². The Morgan fingerprint density at radius 2 is 1.59 bits per heavy atom. The Kier molecular flexibility index (Phi) is 6.11. The number of hydrogen-bond donors (Lipinski definition) is 1. The van der Waals surface area contributed by atoms with Crippen LogP contribution in [0.4, 0.5) is 0 Å². The van der Waals surface area contributed by atoms with Crippen LogP contribution in [0.2, 0.25) is 0 Å². The number of nitrogens with zero attached hydrogens (tertiary/aromatic N) is 1. The number of hydrogen-bond acceptors (Lipinski definition) is 3. The van der Waals surface area contributed by atoms with Gasteiger partial charge in [-0.05, 0) is 60.0 Å². The minimum atomic E-state index is -0.111. The molecule has 1 saturated heterocycles. The molecule has 4 nitrogen and oxygen atoms in total. The van der Waals surface area contributed by atoms with E-state index in [-0.39, 0.29) is 5.91 Å². The maximum Gasteiger partial charge on any atom is 0.255 e.